The fourth-order valence-electron chi connectivity index (χ4n) is 3.09. The molecule has 2 aromatic heterocycles. The lowest BCUT2D eigenvalue weighted by molar-refractivity contribution is 0.1000. The Morgan fingerprint density at radius 1 is 1.16 bits per heavy atom. The Labute approximate surface area is 141 Å². The van der Waals surface area contributed by atoms with Gasteiger partial charge < -0.3 is 5.73 Å². The van der Waals surface area contributed by atoms with Gasteiger partial charge in [0, 0.05) is 24.8 Å². The number of carbonyl (C=O) groups excluding carboxylic acids is 1. The van der Waals surface area contributed by atoms with Gasteiger partial charge in [0.25, 0.3) is 0 Å². The summed E-state index contributed by atoms with van der Waals surface area (Å²) in [5, 5.41) is 6.90. The van der Waals surface area contributed by atoms with E-state index in [1.54, 1.807) is 4.79 Å². The lowest BCUT2D eigenvalue weighted by atomic mass is 10.1. The average Bonchev–Trinajstić information content (AvgIpc) is 3.23. The Morgan fingerprint density at radius 2 is 1.92 bits per heavy atom. The number of rotatable bonds is 3. The van der Waals surface area contributed by atoms with E-state index in [2.05, 4.69) is 10.1 Å². The van der Waals surface area contributed by atoms with Crippen molar-refractivity contribution < 1.29 is 13.6 Å². The summed E-state index contributed by atoms with van der Waals surface area (Å²) in [6.07, 6.45) is 3.40. The second kappa shape index (κ2) is 5.80. The Hall–Kier alpha value is -3.03. The molecule has 1 aliphatic rings. The van der Waals surface area contributed by atoms with Crippen LogP contribution in [0.15, 0.2) is 30.5 Å². The topological polar surface area (TPSA) is 77.0 Å². The molecule has 3 aromatic rings. The molecule has 0 atom stereocenters. The molecule has 2 N–H and O–H groups in total. The maximum absolute atomic E-state index is 14.3. The lowest BCUT2D eigenvalue weighted by Gasteiger charge is -2.17. The molecule has 0 aliphatic carbocycles. The van der Waals surface area contributed by atoms with Gasteiger partial charge in [-0.2, -0.15) is 4.79 Å². The van der Waals surface area contributed by atoms with Gasteiger partial charge in [-0.1, -0.05) is 0 Å². The third-order valence-electron chi connectivity index (χ3n) is 4.32. The molecule has 6 nitrogen and oxygen atoms in total. The molecule has 0 saturated carbocycles. The number of nitrogens with two attached hydrogens (primary N) is 1. The van der Waals surface area contributed by atoms with Crippen LogP contribution in [0.4, 0.5) is 8.78 Å². The molecule has 25 heavy (non-hydrogen) atoms. The predicted molar refractivity (Wildman–Crippen MR) is 88.6 cm³/mol. The largest absolute Gasteiger partial charge is 0.366 e. The number of benzene rings is 1. The molecule has 8 heteroatoms. The minimum atomic E-state index is -0.644. The third kappa shape index (κ3) is 2.59. The Kier molecular flexibility index (Phi) is 3.60. The molecule has 0 radical (unpaired) electrons. The van der Waals surface area contributed by atoms with E-state index in [0.717, 1.165) is 44.1 Å². The fraction of sp³-hybridized carbons (Fsp3) is 0.235. The number of hydrogen-bond acceptors (Lipinski definition) is 4. The molecule has 1 amide bonds. The van der Waals surface area contributed by atoms with Crippen LogP contribution in [0, 0.1) is 11.6 Å². The number of aromatic nitrogens is 3. The van der Waals surface area contributed by atoms with Crippen molar-refractivity contribution in [3.8, 4) is 11.3 Å². The highest BCUT2D eigenvalue weighted by Crippen LogP contribution is 2.30. The van der Waals surface area contributed by atoms with Gasteiger partial charge in [-0.25, -0.2) is 13.8 Å². The summed E-state index contributed by atoms with van der Waals surface area (Å²) < 4.78 is 27.9. The van der Waals surface area contributed by atoms with E-state index in [1.807, 2.05) is 5.01 Å². The highest BCUT2D eigenvalue weighted by atomic mass is 19.1. The molecule has 0 unspecified atom stereocenters. The van der Waals surface area contributed by atoms with Gasteiger partial charge in [0.05, 0.1) is 10.9 Å². The van der Waals surface area contributed by atoms with Crippen LogP contribution in [0.3, 0.4) is 0 Å². The van der Waals surface area contributed by atoms with Crippen LogP contribution in [0.2, 0.25) is 0 Å². The molecule has 0 bridgehead atoms. The van der Waals surface area contributed by atoms with E-state index < -0.39 is 17.5 Å². The van der Waals surface area contributed by atoms with Gasteiger partial charge in [0.1, 0.15) is 17.3 Å². The van der Waals surface area contributed by atoms with E-state index in [9.17, 15) is 13.6 Å². The number of halogens is 2. The molecular weight excluding hydrogens is 328 g/mol. The monoisotopic (exact) mass is 343 g/mol. The highest BCUT2D eigenvalue weighted by molar-refractivity contribution is 5.99. The van der Waals surface area contributed by atoms with E-state index in [4.69, 9.17) is 5.73 Å². The van der Waals surface area contributed by atoms with Crippen molar-refractivity contribution in [3.63, 3.8) is 0 Å². The van der Waals surface area contributed by atoms with Gasteiger partial charge in [-0.3, -0.25) is 9.80 Å². The van der Waals surface area contributed by atoms with Crippen LogP contribution in [0.1, 0.15) is 23.2 Å². The van der Waals surface area contributed by atoms with Gasteiger partial charge in [0.2, 0.25) is 5.91 Å². The van der Waals surface area contributed by atoms with Crippen molar-refractivity contribution in [2.45, 2.75) is 12.8 Å². The summed E-state index contributed by atoms with van der Waals surface area (Å²) in [5.41, 5.74) is 6.24. The van der Waals surface area contributed by atoms with Gasteiger partial charge in [-0.05, 0) is 37.1 Å². The van der Waals surface area contributed by atoms with Crippen LogP contribution < -0.4 is 10.7 Å². The van der Waals surface area contributed by atoms with Gasteiger partial charge >= 0.3 is 0 Å². The molecule has 0 spiro atoms. The first kappa shape index (κ1) is 15.5. The molecule has 1 saturated heterocycles. The Bertz CT molecular complexity index is 979. The smallest absolute Gasteiger partial charge is 0.250 e. The van der Waals surface area contributed by atoms with E-state index in [-0.39, 0.29) is 16.8 Å². The first-order valence-electron chi connectivity index (χ1n) is 7.94. The van der Waals surface area contributed by atoms with E-state index >= 15 is 0 Å². The van der Waals surface area contributed by atoms with Crippen molar-refractivity contribution in [2.75, 3.05) is 18.1 Å². The molecule has 1 aromatic carbocycles. The van der Waals surface area contributed by atoms with Crippen molar-refractivity contribution in [3.05, 3.63) is 47.7 Å². The second-order valence-electron chi connectivity index (χ2n) is 5.98. The lowest BCUT2D eigenvalue weighted by Crippen LogP contribution is -2.32. The molecule has 128 valence electrons. The third-order valence-corrected chi connectivity index (χ3v) is 4.32. The quantitative estimate of drug-likeness (QED) is 0.791. The molecule has 4 rings (SSSR count). The molecule has 1 fully saturated rings. The standard InChI is InChI=1S/C17H15F2N5O/c18-11-3-4-14(19)12(8-11)15-13-7-10(16(20)25)9-21-17(13)24(22-15)23-5-1-2-6-23/h3-4,7-9H,1-2,5-6H2,(H2,20,25). The maximum Gasteiger partial charge on any atom is 0.250 e. The summed E-state index contributed by atoms with van der Waals surface area (Å²) in [5.74, 6) is -1.81. The minimum absolute atomic E-state index is 0.0198. The van der Waals surface area contributed by atoms with Crippen LogP contribution in [0.5, 0.6) is 0 Å². The van der Waals surface area contributed by atoms with Crippen molar-refractivity contribution in [2.24, 2.45) is 5.73 Å². The zero-order valence-electron chi connectivity index (χ0n) is 13.2. The average molecular weight is 343 g/mol. The van der Waals surface area contributed by atoms with E-state index in [1.165, 1.54) is 12.3 Å². The maximum atomic E-state index is 14.3. The van der Waals surface area contributed by atoms with Gasteiger partial charge in [-0.15, -0.1) is 5.10 Å². The summed E-state index contributed by atoms with van der Waals surface area (Å²) in [7, 11) is 0. The number of pyridine rings is 1. The van der Waals surface area contributed by atoms with Crippen LogP contribution in [-0.4, -0.2) is 33.9 Å². The number of carbonyl (C=O) groups is 1. The van der Waals surface area contributed by atoms with Crippen molar-refractivity contribution >= 4 is 16.9 Å². The normalized spacial score (nSPS) is 14.4. The minimum Gasteiger partial charge on any atom is -0.366 e. The predicted octanol–water partition coefficient (Wildman–Crippen LogP) is 2.21. The zero-order chi connectivity index (χ0) is 17.6. The summed E-state index contributed by atoms with van der Waals surface area (Å²) in [6.45, 7) is 1.59. The van der Waals surface area contributed by atoms with Crippen LogP contribution >= 0.6 is 0 Å². The van der Waals surface area contributed by atoms with Crippen LogP contribution in [-0.2, 0) is 0 Å². The van der Waals surface area contributed by atoms with Crippen LogP contribution in [0.25, 0.3) is 22.3 Å². The fourth-order valence-corrected chi connectivity index (χ4v) is 3.09. The highest BCUT2D eigenvalue weighted by Gasteiger charge is 2.23. The van der Waals surface area contributed by atoms with Gasteiger partial charge in [0.15, 0.2) is 5.65 Å². The number of primary amides is 1. The second-order valence-corrected chi connectivity index (χ2v) is 5.98. The van der Waals surface area contributed by atoms with E-state index in [0.29, 0.717) is 11.0 Å². The summed E-state index contributed by atoms with van der Waals surface area (Å²) >= 11 is 0. The summed E-state index contributed by atoms with van der Waals surface area (Å²) in [6, 6.07) is 4.70. The number of amides is 1. The molecule has 3 heterocycles. The Morgan fingerprint density at radius 3 is 2.64 bits per heavy atom. The van der Waals surface area contributed by atoms with Crippen molar-refractivity contribution in [1.29, 1.82) is 0 Å². The number of fused-ring (bicyclic) bond motifs is 1. The SMILES string of the molecule is NC(=O)c1cnc2c(c1)c(-c1cc(F)ccc1F)nn2N1CCCC1. The first-order valence-corrected chi connectivity index (χ1v) is 7.94. The molecule has 1 aliphatic heterocycles. The number of hydrogen-bond donors (Lipinski definition) is 1. The molecular formula is C17H15F2N5O. The van der Waals surface area contributed by atoms with Crippen molar-refractivity contribution in [1.82, 2.24) is 14.9 Å². The Balaban J connectivity index is 1.99. The summed E-state index contributed by atoms with van der Waals surface area (Å²) in [4.78, 5) is 17.4. The first-order chi connectivity index (χ1) is 12.0. The number of nitrogens with zero attached hydrogens (tertiary/aromatic N) is 4. The zero-order valence-corrected chi connectivity index (χ0v) is 13.2.